The Balaban J connectivity index is 1.53. The van der Waals surface area contributed by atoms with Crippen molar-refractivity contribution in [2.24, 2.45) is 0 Å². The standard InChI is InChI=1S/C27H31N5O5/c1-27(2,3)37-26(33)30-7-6-8-36-17-9-16(13-29-14-17)21-10-18-19-11-23(34-4)24(35-5)12-22(19)31-15-20(18)25(28)32-21/h9-15H,6-8H2,1-5H3,(H2,28,32)(H,30,33). The first-order valence-corrected chi connectivity index (χ1v) is 11.8. The number of methoxy groups -OCH3 is 2. The minimum Gasteiger partial charge on any atom is -0.493 e. The number of nitrogens with two attached hydrogens (primary N) is 1. The lowest BCUT2D eigenvalue weighted by Gasteiger charge is -2.19. The number of nitrogens with one attached hydrogen (secondary N) is 1. The molecule has 0 aliphatic carbocycles. The summed E-state index contributed by atoms with van der Waals surface area (Å²) < 4.78 is 22.0. The van der Waals surface area contributed by atoms with E-state index in [0.29, 0.717) is 48.3 Å². The predicted octanol–water partition coefficient (Wildman–Crippen LogP) is 4.74. The van der Waals surface area contributed by atoms with E-state index in [2.05, 4.69) is 20.3 Å². The Morgan fingerprint density at radius 2 is 1.73 bits per heavy atom. The van der Waals surface area contributed by atoms with Gasteiger partial charge in [0.05, 0.1) is 38.2 Å². The zero-order chi connectivity index (χ0) is 26.6. The lowest BCUT2D eigenvalue weighted by Crippen LogP contribution is -2.33. The molecule has 37 heavy (non-hydrogen) atoms. The van der Waals surface area contributed by atoms with Gasteiger partial charge in [0.1, 0.15) is 17.2 Å². The van der Waals surface area contributed by atoms with E-state index in [1.54, 1.807) is 32.8 Å². The number of fused-ring (bicyclic) bond motifs is 3. The Labute approximate surface area is 215 Å². The highest BCUT2D eigenvalue weighted by Crippen LogP contribution is 2.37. The monoisotopic (exact) mass is 505 g/mol. The minimum atomic E-state index is -0.533. The second-order valence-electron chi connectivity index (χ2n) is 9.38. The van der Waals surface area contributed by atoms with Gasteiger partial charge in [0.2, 0.25) is 0 Å². The molecule has 0 radical (unpaired) electrons. The Morgan fingerprint density at radius 1 is 0.973 bits per heavy atom. The Bertz CT molecular complexity index is 1430. The smallest absolute Gasteiger partial charge is 0.407 e. The number of ether oxygens (including phenoxy) is 4. The van der Waals surface area contributed by atoms with Gasteiger partial charge in [-0.05, 0) is 50.8 Å². The number of carbonyl (C=O) groups is 1. The molecule has 0 saturated carbocycles. The summed E-state index contributed by atoms with van der Waals surface area (Å²) in [5, 5.41) is 5.20. The second-order valence-corrected chi connectivity index (χ2v) is 9.38. The van der Waals surface area contributed by atoms with Crippen molar-refractivity contribution in [3.8, 4) is 28.5 Å². The van der Waals surface area contributed by atoms with Crippen LogP contribution in [-0.4, -0.2) is 54.0 Å². The summed E-state index contributed by atoms with van der Waals surface area (Å²) in [7, 11) is 3.18. The van der Waals surface area contributed by atoms with E-state index >= 15 is 0 Å². The van der Waals surface area contributed by atoms with Crippen LogP contribution in [0.2, 0.25) is 0 Å². The van der Waals surface area contributed by atoms with Crippen LogP contribution in [0.4, 0.5) is 10.6 Å². The van der Waals surface area contributed by atoms with Crippen molar-refractivity contribution in [1.29, 1.82) is 0 Å². The molecule has 1 aromatic carbocycles. The molecule has 0 bridgehead atoms. The molecule has 3 heterocycles. The van der Waals surface area contributed by atoms with Crippen molar-refractivity contribution in [2.45, 2.75) is 32.8 Å². The van der Waals surface area contributed by atoms with Crippen LogP contribution < -0.4 is 25.3 Å². The van der Waals surface area contributed by atoms with Crippen LogP contribution in [0.1, 0.15) is 27.2 Å². The molecule has 4 rings (SSSR count). The average Bonchev–Trinajstić information content (AvgIpc) is 2.86. The number of aromatic nitrogens is 3. The number of amides is 1. The molecule has 3 aromatic heterocycles. The third kappa shape index (κ3) is 6.08. The molecule has 0 atom stereocenters. The summed E-state index contributed by atoms with van der Waals surface area (Å²) in [5.41, 5.74) is 7.94. The first-order valence-electron chi connectivity index (χ1n) is 11.8. The fraction of sp³-hybridized carbons (Fsp3) is 0.333. The van der Waals surface area contributed by atoms with E-state index < -0.39 is 11.7 Å². The number of hydrogen-bond donors (Lipinski definition) is 2. The van der Waals surface area contributed by atoms with Gasteiger partial charge in [-0.15, -0.1) is 0 Å². The van der Waals surface area contributed by atoms with Crippen LogP contribution in [0, 0.1) is 0 Å². The number of pyridine rings is 3. The quantitative estimate of drug-likeness (QED) is 0.257. The van der Waals surface area contributed by atoms with Gasteiger partial charge in [-0.3, -0.25) is 9.97 Å². The molecule has 0 saturated heterocycles. The molecule has 0 aliphatic rings. The molecule has 0 spiro atoms. The van der Waals surface area contributed by atoms with Crippen molar-refractivity contribution < 1.29 is 23.7 Å². The predicted molar refractivity (Wildman–Crippen MR) is 142 cm³/mol. The van der Waals surface area contributed by atoms with E-state index in [0.717, 1.165) is 27.2 Å². The fourth-order valence-corrected chi connectivity index (χ4v) is 3.81. The van der Waals surface area contributed by atoms with Crippen molar-refractivity contribution in [3.63, 3.8) is 0 Å². The number of anilines is 1. The van der Waals surface area contributed by atoms with Crippen molar-refractivity contribution in [1.82, 2.24) is 20.3 Å². The molecule has 1 amide bonds. The minimum absolute atomic E-state index is 0.358. The van der Waals surface area contributed by atoms with Crippen molar-refractivity contribution >= 4 is 33.6 Å². The molecule has 0 unspecified atom stereocenters. The van der Waals surface area contributed by atoms with Crippen molar-refractivity contribution in [2.75, 3.05) is 33.1 Å². The zero-order valence-corrected chi connectivity index (χ0v) is 21.6. The number of benzene rings is 1. The van der Waals surface area contributed by atoms with E-state index in [1.807, 2.05) is 45.0 Å². The van der Waals surface area contributed by atoms with Gasteiger partial charge in [-0.2, -0.15) is 0 Å². The fourth-order valence-electron chi connectivity index (χ4n) is 3.81. The van der Waals surface area contributed by atoms with E-state index in [-0.39, 0.29) is 0 Å². The summed E-state index contributed by atoms with van der Waals surface area (Å²) in [6, 6.07) is 7.52. The molecule has 10 nitrogen and oxygen atoms in total. The lowest BCUT2D eigenvalue weighted by atomic mass is 10.0. The molecule has 194 valence electrons. The molecule has 0 fully saturated rings. The maximum atomic E-state index is 11.7. The molecule has 10 heteroatoms. The average molecular weight is 506 g/mol. The highest BCUT2D eigenvalue weighted by Gasteiger charge is 2.16. The summed E-state index contributed by atoms with van der Waals surface area (Å²) in [6.07, 6.45) is 5.20. The normalized spacial score (nSPS) is 11.4. The number of hydrogen-bond acceptors (Lipinski definition) is 9. The van der Waals surface area contributed by atoms with Crippen LogP contribution in [-0.2, 0) is 4.74 Å². The Morgan fingerprint density at radius 3 is 2.46 bits per heavy atom. The zero-order valence-electron chi connectivity index (χ0n) is 21.6. The SMILES string of the molecule is COc1cc2ncc3c(N)nc(-c4cncc(OCCCNC(=O)OC(C)(C)C)c4)cc3c2cc1OC. The van der Waals surface area contributed by atoms with Gasteiger partial charge in [0, 0.05) is 41.3 Å². The van der Waals surface area contributed by atoms with Crippen LogP contribution in [0.5, 0.6) is 17.2 Å². The highest BCUT2D eigenvalue weighted by atomic mass is 16.6. The van der Waals surface area contributed by atoms with Crippen LogP contribution in [0.15, 0.2) is 42.9 Å². The number of alkyl carbamates (subject to hydrolysis) is 1. The maximum Gasteiger partial charge on any atom is 0.407 e. The van der Waals surface area contributed by atoms with Gasteiger partial charge < -0.3 is 30.0 Å². The van der Waals surface area contributed by atoms with E-state index in [4.69, 9.17) is 24.7 Å². The van der Waals surface area contributed by atoms with Crippen LogP contribution in [0.3, 0.4) is 0 Å². The van der Waals surface area contributed by atoms with Crippen molar-refractivity contribution in [3.05, 3.63) is 42.9 Å². The van der Waals surface area contributed by atoms with Gasteiger partial charge >= 0.3 is 6.09 Å². The molecular weight excluding hydrogens is 474 g/mol. The van der Waals surface area contributed by atoms with Gasteiger partial charge in [-0.25, -0.2) is 9.78 Å². The number of rotatable bonds is 8. The van der Waals surface area contributed by atoms with Gasteiger partial charge in [0.15, 0.2) is 11.5 Å². The summed E-state index contributed by atoms with van der Waals surface area (Å²) in [6.45, 7) is 6.29. The van der Waals surface area contributed by atoms with Gasteiger partial charge in [0.25, 0.3) is 0 Å². The lowest BCUT2D eigenvalue weighted by molar-refractivity contribution is 0.0525. The van der Waals surface area contributed by atoms with E-state index in [1.165, 1.54) is 0 Å². The van der Waals surface area contributed by atoms with Crippen LogP contribution in [0.25, 0.3) is 32.9 Å². The molecular formula is C27H31N5O5. The number of nitrogens with zero attached hydrogens (tertiary/aromatic N) is 3. The van der Waals surface area contributed by atoms with Gasteiger partial charge in [-0.1, -0.05) is 0 Å². The highest BCUT2D eigenvalue weighted by molar-refractivity contribution is 6.10. The molecule has 3 N–H and O–H groups in total. The summed E-state index contributed by atoms with van der Waals surface area (Å²) in [4.78, 5) is 25.2. The topological polar surface area (TPSA) is 131 Å². The summed E-state index contributed by atoms with van der Waals surface area (Å²) >= 11 is 0. The molecule has 0 aliphatic heterocycles. The Hall–Kier alpha value is -4.34. The third-order valence-corrected chi connectivity index (χ3v) is 5.48. The number of nitrogen functional groups attached to an aromatic ring is 1. The first-order chi connectivity index (χ1) is 17.7. The second kappa shape index (κ2) is 10.7. The first kappa shape index (κ1) is 25.7. The summed E-state index contributed by atoms with van der Waals surface area (Å²) in [5.74, 6) is 2.14. The number of carbonyl (C=O) groups excluding carboxylic acids is 1. The van der Waals surface area contributed by atoms with Crippen LogP contribution >= 0.6 is 0 Å². The largest absolute Gasteiger partial charge is 0.493 e. The third-order valence-electron chi connectivity index (χ3n) is 5.48. The molecule has 4 aromatic rings. The van der Waals surface area contributed by atoms with E-state index in [9.17, 15) is 4.79 Å². The maximum absolute atomic E-state index is 11.7. The Kier molecular flexibility index (Phi) is 7.47.